The van der Waals surface area contributed by atoms with Crippen LogP contribution in [0.4, 0.5) is 8.78 Å². The molecule has 0 saturated heterocycles. The number of carbonyl (C=O) groups excluding carboxylic acids is 1. The number of hydrogen-bond donors (Lipinski definition) is 1. The van der Waals surface area contributed by atoms with Crippen LogP contribution in [0.2, 0.25) is 5.02 Å². The molecule has 2 rings (SSSR count). The van der Waals surface area contributed by atoms with Crippen molar-refractivity contribution in [1.29, 1.82) is 0 Å². The van der Waals surface area contributed by atoms with Crippen LogP contribution in [0, 0.1) is 11.6 Å². The summed E-state index contributed by atoms with van der Waals surface area (Å²) < 4.78 is 26.8. The van der Waals surface area contributed by atoms with Gasteiger partial charge >= 0.3 is 0 Å². The average Bonchev–Trinajstić information content (AvgIpc) is 2.40. The minimum Gasteiger partial charge on any atom is -0.346 e. The molecule has 0 saturated carbocycles. The Labute approximate surface area is 134 Å². The zero-order chi connectivity index (χ0) is 15.6. The fourth-order valence-electron chi connectivity index (χ4n) is 1.83. The van der Waals surface area contributed by atoms with E-state index in [0.29, 0.717) is 20.6 Å². The summed E-state index contributed by atoms with van der Waals surface area (Å²) in [4.78, 5) is 12.1. The highest BCUT2D eigenvalue weighted by Crippen LogP contribution is 2.21. The van der Waals surface area contributed by atoms with E-state index < -0.39 is 17.7 Å². The van der Waals surface area contributed by atoms with Gasteiger partial charge in [0.2, 0.25) is 0 Å². The standard InChI is InChI=1S/C15H11BrClF2NO/c1-8(9-2-3-13(18)14(19)6-9)20-15(21)10-4-11(16)7-12(17)5-10/h2-8H,1H3,(H,20,21). The van der Waals surface area contributed by atoms with Crippen LogP contribution < -0.4 is 5.32 Å². The van der Waals surface area contributed by atoms with E-state index in [1.54, 1.807) is 19.1 Å². The summed E-state index contributed by atoms with van der Waals surface area (Å²) in [5, 5.41) is 3.13. The van der Waals surface area contributed by atoms with Gasteiger partial charge in [0.25, 0.3) is 5.91 Å². The van der Waals surface area contributed by atoms with Gasteiger partial charge in [0.05, 0.1) is 6.04 Å². The van der Waals surface area contributed by atoms with Gasteiger partial charge in [-0.05, 0) is 42.8 Å². The summed E-state index contributed by atoms with van der Waals surface area (Å²) in [6.45, 7) is 1.68. The van der Waals surface area contributed by atoms with Crippen LogP contribution in [-0.4, -0.2) is 5.91 Å². The largest absolute Gasteiger partial charge is 0.346 e. The van der Waals surface area contributed by atoms with Crippen molar-refractivity contribution in [1.82, 2.24) is 5.32 Å². The Bertz CT molecular complexity index is 673. The molecule has 21 heavy (non-hydrogen) atoms. The van der Waals surface area contributed by atoms with Crippen LogP contribution in [-0.2, 0) is 0 Å². The fraction of sp³-hybridized carbons (Fsp3) is 0.133. The van der Waals surface area contributed by atoms with Crippen molar-refractivity contribution in [2.75, 3.05) is 0 Å². The Kier molecular flexibility index (Phi) is 4.96. The average molecular weight is 375 g/mol. The van der Waals surface area contributed by atoms with E-state index in [1.807, 2.05) is 0 Å². The third-order valence-corrected chi connectivity index (χ3v) is 3.59. The van der Waals surface area contributed by atoms with Gasteiger partial charge in [0, 0.05) is 15.1 Å². The highest BCUT2D eigenvalue weighted by Gasteiger charge is 2.14. The lowest BCUT2D eigenvalue weighted by atomic mass is 10.1. The van der Waals surface area contributed by atoms with Crippen molar-refractivity contribution in [2.45, 2.75) is 13.0 Å². The molecular weight excluding hydrogens is 364 g/mol. The van der Waals surface area contributed by atoms with Crippen molar-refractivity contribution < 1.29 is 13.6 Å². The van der Waals surface area contributed by atoms with Gasteiger partial charge < -0.3 is 5.32 Å². The Morgan fingerprint density at radius 1 is 1.19 bits per heavy atom. The van der Waals surface area contributed by atoms with E-state index in [2.05, 4.69) is 21.2 Å². The van der Waals surface area contributed by atoms with E-state index in [4.69, 9.17) is 11.6 Å². The summed E-state index contributed by atoms with van der Waals surface area (Å²) in [6.07, 6.45) is 0. The molecule has 1 amide bonds. The molecule has 6 heteroatoms. The summed E-state index contributed by atoms with van der Waals surface area (Å²) in [7, 11) is 0. The lowest BCUT2D eigenvalue weighted by Gasteiger charge is -2.15. The van der Waals surface area contributed by atoms with Gasteiger partial charge in [-0.2, -0.15) is 0 Å². The predicted molar refractivity (Wildman–Crippen MR) is 81.4 cm³/mol. The van der Waals surface area contributed by atoms with Crippen molar-refractivity contribution in [3.8, 4) is 0 Å². The highest BCUT2D eigenvalue weighted by molar-refractivity contribution is 9.10. The second-order valence-electron chi connectivity index (χ2n) is 4.53. The summed E-state index contributed by atoms with van der Waals surface area (Å²) in [5.74, 6) is -2.22. The number of nitrogens with one attached hydrogen (secondary N) is 1. The third kappa shape index (κ3) is 4.02. The molecule has 0 aliphatic carbocycles. The van der Waals surface area contributed by atoms with Crippen LogP contribution in [0.15, 0.2) is 40.9 Å². The first-order valence-electron chi connectivity index (χ1n) is 6.08. The first-order valence-corrected chi connectivity index (χ1v) is 7.26. The molecule has 0 spiro atoms. The van der Waals surface area contributed by atoms with Gasteiger partial charge in [-0.15, -0.1) is 0 Å². The normalized spacial score (nSPS) is 12.0. The molecule has 2 aromatic rings. The molecule has 0 aromatic heterocycles. The van der Waals surface area contributed by atoms with Crippen LogP contribution >= 0.6 is 27.5 Å². The van der Waals surface area contributed by atoms with Gasteiger partial charge in [-0.25, -0.2) is 8.78 Å². The Balaban J connectivity index is 2.16. The summed E-state index contributed by atoms with van der Waals surface area (Å²) in [5.41, 5.74) is 0.854. The molecular formula is C15H11BrClF2NO. The van der Waals surface area contributed by atoms with E-state index in [9.17, 15) is 13.6 Å². The maximum Gasteiger partial charge on any atom is 0.251 e. The second kappa shape index (κ2) is 6.54. The summed E-state index contributed by atoms with van der Waals surface area (Å²) in [6, 6.07) is 7.87. The van der Waals surface area contributed by atoms with Crippen LogP contribution in [0.5, 0.6) is 0 Å². The lowest BCUT2D eigenvalue weighted by molar-refractivity contribution is 0.0939. The minimum absolute atomic E-state index is 0.351. The zero-order valence-corrected chi connectivity index (χ0v) is 13.3. The van der Waals surface area contributed by atoms with E-state index in [1.165, 1.54) is 12.1 Å². The van der Waals surface area contributed by atoms with Crippen LogP contribution in [0.25, 0.3) is 0 Å². The molecule has 0 bridgehead atoms. The molecule has 1 unspecified atom stereocenters. The quantitative estimate of drug-likeness (QED) is 0.816. The number of halogens is 4. The van der Waals surface area contributed by atoms with Crippen LogP contribution in [0.1, 0.15) is 28.9 Å². The van der Waals surface area contributed by atoms with Crippen LogP contribution in [0.3, 0.4) is 0 Å². The zero-order valence-electron chi connectivity index (χ0n) is 11.0. The maximum atomic E-state index is 13.2. The molecule has 2 nitrogen and oxygen atoms in total. The number of benzene rings is 2. The molecule has 110 valence electrons. The Morgan fingerprint density at radius 3 is 2.52 bits per heavy atom. The van der Waals surface area contributed by atoms with Gasteiger partial charge in [-0.1, -0.05) is 33.6 Å². The smallest absolute Gasteiger partial charge is 0.251 e. The molecule has 0 heterocycles. The molecule has 1 N–H and O–H groups in total. The van der Waals surface area contributed by atoms with E-state index in [-0.39, 0.29) is 5.91 Å². The van der Waals surface area contributed by atoms with Crippen molar-refractivity contribution >= 4 is 33.4 Å². The molecule has 2 aromatic carbocycles. The first-order chi connectivity index (χ1) is 9.86. The maximum absolute atomic E-state index is 13.2. The van der Waals surface area contributed by atoms with E-state index in [0.717, 1.165) is 12.1 Å². The van der Waals surface area contributed by atoms with E-state index >= 15 is 0 Å². The van der Waals surface area contributed by atoms with Gasteiger partial charge in [0.1, 0.15) is 0 Å². The second-order valence-corrected chi connectivity index (χ2v) is 5.88. The Morgan fingerprint density at radius 2 is 1.90 bits per heavy atom. The monoisotopic (exact) mass is 373 g/mol. The van der Waals surface area contributed by atoms with Crippen molar-refractivity contribution in [2.24, 2.45) is 0 Å². The topological polar surface area (TPSA) is 29.1 Å². The molecule has 0 aliphatic heterocycles. The number of carbonyl (C=O) groups is 1. The first kappa shape index (κ1) is 15.9. The minimum atomic E-state index is -0.945. The summed E-state index contributed by atoms with van der Waals surface area (Å²) >= 11 is 9.14. The lowest BCUT2D eigenvalue weighted by Crippen LogP contribution is -2.26. The molecule has 0 fully saturated rings. The molecule has 0 aliphatic rings. The molecule has 1 atom stereocenters. The van der Waals surface area contributed by atoms with Gasteiger partial charge in [-0.3, -0.25) is 4.79 Å². The number of hydrogen-bond acceptors (Lipinski definition) is 1. The number of amides is 1. The predicted octanol–water partition coefficient (Wildman–Crippen LogP) is 4.87. The van der Waals surface area contributed by atoms with Gasteiger partial charge in [0.15, 0.2) is 11.6 Å². The fourth-order valence-corrected chi connectivity index (χ4v) is 2.69. The highest BCUT2D eigenvalue weighted by atomic mass is 79.9. The third-order valence-electron chi connectivity index (χ3n) is 2.92. The Hall–Kier alpha value is -1.46. The van der Waals surface area contributed by atoms with Crippen molar-refractivity contribution in [3.05, 3.63) is 68.7 Å². The number of rotatable bonds is 3. The van der Waals surface area contributed by atoms with Crippen molar-refractivity contribution in [3.63, 3.8) is 0 Å². The molecule has 0 radical (unpaired) electrons. The SMILES string of the molecule is CC(NC(=O)c1cc(Cl)cc(Br)c1)c1ccc(F)c(F)c1.